The van der Waals surface area contributed by atoms with Gasteiger partial charge < -0.3 is 16.2 Å². The molecule has 16 heavy (non-hydrogen) atoms. The van der Waals surface area contributed by atoms with Crippen LogP contribution in [0.2, 0.25) is 0 Å². The molecule has 0 aromatic rings. The molecule has 0 aromatic carbocycles. The molecule has 1 atom stereocenters. The summed E-state index contributed by atoms with van der Waals surface area (Å²) in [6, 6.07) is 0.489. The number of amides is 1. The van der Waals surface area contributed by atoms with Gasteiger partial charge in [0, 0.05) is 11.8 Å². The average Bonchev–Trinajstić information content (AvgIpc) is 3.01. The standard InChI is InChI=1S/C11H22N2O2S/c1-11(10(12)15,13-9-3-4-9)5-2-7-16-8-6-14/h9,13-14H,2-8H2,1H3,(H2,12,15). The third-order valence-corrected chi connectivity index (χ3v) is 3.89. The molecule has 1 rings (SSSR count). The summed E-state index contributed by atoms with van der Waals surface area (Å²) in [4.78, 5) is 11.4. The maximum atomic E-state index is 11.4. The van der Waals surface area contributed by atoms with Gasteiger partial charge in [0.05, 0.1) is 12.1 Å². The Morgan fingerprint density at radius 1 is 1.56 bits per heavy atom. The van der Waals surface area contributed by atoms with Crippen LogP contribution in [0.4, 0.5) is 0 Å². The van der Waals surface area contributed by atoms with Crippen LogP contribution in [0.5, 0.6) is 0 Å². The maximum Gasteiger partial charge on any atom is 0.237 e. The number of carbonyl (C=O) groups is 1. The molecule has 0 radical (unpaired) electrons. The first-order chi connectivity index (χ1) is 7.58. The van der Waals surface area contributed by atoms with Crippen molar-refractivity contribution in [3.05, 3.63) is 0 Å². The van der Waals surface area contributed by atoms with Gasteiger partial charge in [0.25, 0.3) is 0 Å². The lowest BCUT2D eigenvalue weighted by Gasteiger charge is -2.27. The molecule has 0 bridgehead atoms. The Morgan fingerprint density at radius 2 is 2.25 bits per heavy atom. The third kappa shape index (κ3) is 4.72. The highest BCUT2D eigenvalue weighted by molar-refractivity contribution is 7.99. The zero-order valence-corrected chi connectivity index (χ0v) is 10.7. The summed E-state index contributed by atoms with van der Waals surface area (Å²) in [6.07, 6.45) is 4.03. The lowest BCUT2D eigenvalue weighted by Crippen LogP contribution is -2.54. The van der Waals surface area contributed by atoms with Gasteiger partial charge in [0.15, 0.2) is 0 Å². The van der Waals surface area contributed by atoms with E-state index in [1.807, 2.05) is 6.92 Å². The van der Waals surface area contributed by atoms with Gasteiger partial charge in [-0.15, -0.1) is 0 Å². The summed E-state index contributed by atoms with van der Waals surface area (Å²) in [7, 11) is 0. The van der Waals surface area contributed by atoms with Crippen molar-refractivity contribution in [2.24, 2.45) is 5.73 Å². The summed E-state index contributed by atoms with van der Waals surface area (Å²) in [5.74, 6) is 1.48. The molecular formula is C11H22N2O2S. The molecule has 1 aliphatic rings. The lowest BCUT2D eigenvalue weighted by molar-refractivity contribution is -0.124. The molecule has 4 N–H and O–H groups in total. The molecule has 0 heterocycles. The van der Waals surface area contributed by atoms with Gasteiger partial charge in [-0.25, -0.2) is 0 Å². The summed E-state index contributed by atoms with van der Waals surface area (Å²) in [6.45, 7) is 2.11. The minimum atomic E-state index is -0.555. The molecule has 0 aliphatic heterocycles. The van der Waals surface area contributed by atoms with Gasteiger partial charge in [0.1, 0.15) is 0 Å². The van der Waals surface area contributed by atoms with Crippen molar-refractivity contribution in [1.82, 2.24) is 5.32 Å². The molecular weight excluding hydrogens is 224 g/mol. The lowest BCUT2D eigenvalue weighted by atomic mass is 9.95. The highest BCUT2D eigenvalue weighted by Crippen LogP contribution is 2.25. The second-order valence-corrected chi connectivity index (χ2v) is 5.78. The first kappa shape index (κ1) is 13.8. The Morgan fingerprint density at radius 3 is 2.75 bits per heavy atom. The average molecular weight is 246 g/mol. The first-order valence-corrected chi connectivity index (χ1v) is 7.00. The van der Waals surface area contributed by atoms with E-state index < -0.39 is 5.54 Å². The maximum absolute atomic E-state index is 11.4. The first-order valence-electron chi connectivity index (χ1n) is 5.85. The number of aliphatic hydroxyl groups excluding tert-OH is 1. The highest BCUT2D eigenvalue weighted by Gasteiger charge is 2.36. The van der Waals surface area contributed by atoms with E-state index in [0.717, 1.165) is 37.2 Å². The van der Waals surface area contributed by atoms with Crippen LogP contribution in [-0.4, -0.2) is 40.7 Å². The Bertz CT molecular complexity index is 234. The Kier molecular flexibility index (Phi) is 5.58. The van der Waals surface area contributed by atoms with Crippen molar-refractivity contribution in [2.75, 3.05) is 18.1 Å². The van der Waals surface area contributed by atoms with Gasteiger partial charge in [0.2, 0.25) is 5.91 Å². The second-order valence-electron chi connectivity index (χ2n) is 4.55. The normalized spacial score (nSPS) is 19.4. The minimum absolute atomic E-state index is 0.220. The molecule has 1 unspecified atom stereocenters. The van der Waals surface area contributed by atoms with Crippen LogP contribution in [0, 0.1) is 0 Å². The van der Waals surface area contributed by atoms with Gasteiger partial charge in [-0.1, -0.05) is 0 Å². The van der Waals surface area contributed by atoms with Crippen LogP contribution in [0.25, 0.3) is 0 Å². The fourth-order valence-corrected chi connectivity index (χ4v) is 2.32. The van der Waals surface area contributed by atoms with Gasteiger partial charge in [-0.3, -0.25) is 4.79 Å². The molecule has 1 saturated carbocycles. The van der Waals surface area contributed by atoms with E-state index in [9.17, 15) is 4.79 Å². The molecule has 4 nitrogen and oxygen atoms in total. The van der Waals surface area contributed by atoms with Crippen molar-refractivity contribution in [3.8, 4) is 0 Å². The molecule has 94 valence electrons. The number of carbonyl (C=O) groups excluding carboxylic acids is 1. The van der Waals surface area contributed by atoms with Gasteiger partial charge in [-0.05, 0) is 38.4 Å². The predicted molar refractivity (Wildman–Crippen MR) is 67.4 cm³/mol. The number of hydrogen-bond acceptors (Lipinski definition) is 4. The minimum Gasteiger partial charge on any atom is -0.396 e. The van der Waals surface area contributed by atoms with Crippen LogP contribution in [0.15, 0.2) is 0 Å². The number of rotatable bonds is 9. The Hall–Kier alpha value is -0.260. The van der Waals surface area contributed by atoms with E-state index in [-0.39, 0.29) is 12.5 Å². The largest absolute Gasteiger partial charge is 0.396 e. The van der Waals surface area contributed by atoms with E-state index in [1.54, 1.807) is 11.8 Å². The number of nitrogens with two attached hydrogens (primary N) is 1. The van der Waals surface area contributed by atoms with E-state index in [4.69, 9.17) is 10.8 Å². The smallest absolute Gasteiger partial charge is 0.237 e. The molecule has 1 fully saturated rings. The van der Waals surface area contributed by atoms with E-state index in [2.05, 4.69) is 5.32 Å². The summed E-state index contributed by atoms with van der Waals surface area (Å²) >= 11 is 1.71. The van der Waals surface area contributed by atoms with Crippen molar-refractivity contribution >= 4 is 17.7 Å². The zero-order valence-electron chi connectivity index (χ0n) is 9.87. The topological polar surface area (TPSA) is 75.3 Å². The fourth-order valence-electron chi connectivity index (χ4n) is 1.64. The zero-order chi connectivity index (χ0) is 12.0. The number of primary amides is 1. The SMILES string of the molecule is CC(CCCSCCO)(NC1CC1)C(N)=O. The third-order valence-electron chi connectivity index (χ3n) is 2.84. The Labute approximate surface area is 101 Å². The Balaban J connectivity index is 2.23. The molecule has 0 spiro atoms. The molecule has 1 amide bonds. The van der Waals surface area contributed by atoms with Gasteiger partial charge in [-0.2, -0.15) is 11.8 Å². The molecule has 0 saturated heterocycles. The van der Waals surface area contributed by atoms with Crippen molar-refractivity contribution in [1.29, 1.82) is 0 Å². The van der Waals surface area contributed by atoms with Crippen molar-refractivity contribution in [2.45, 2.75) is 44.2 Å². The van der Waals surface area contributed by atoms with Crippen LogP contribution >= 0.6 is 11.8 Å². The summed E-state index contributed by atoms with van der Waals surface area (Å²) < 4.78 is 0. The summed E-state index contributed by atoms with van der Waals surface area (Å²) in [5.41, 5.74) is 4.89. The summed E-state index contributed by atoms with van der Waals surface area (Å²) in [5, 5.41) is 12.0. The van der Waals surface area contributed by atoms with Crippen molar-refractivity contribution in [3.63, 3.8) is 0 Å². The van der Waals surface area contributed by atoms with Crippen LogP contribution in [0.1, 0.15) is 32.6 Å². The van der Waals surface area contributed by atoms with E-state index in [0.29, 0.717) is 6.04 Å². The van der Waals surface area contributed by atoms with Crippen LogP contribution < -0.4 is 11.1 Å². The van der Waals surface area contributed by atoms with Gasteiger partial charge >= 0.3 is 0 Å². The monoisotopic (exact) mass is 246 g/mol. The number of aliphatic hydroxyl groups is 1. The number of thioether (sulfide) groups is 1. The highest BCUT2D eigenvalue weighted by atomic mass is 32.2. The number of nitrogens with one attached hydrogen (secondary N) is 1. The molecule has 5 heteroatoms. The van der Waals surface area contributed by atoms with Crippen LogP contribution in [-0.2, 0) is 4.79 Å². The molecule has 0 aromatic heterocycles. The van der Waals surface area contributed by atoms with Crippen LogP contribution in [0.3, 0.4) is 0 Å². The number of hydrogen-bond donors (Lipinski definition) is 3. The second kappa shape index (κ2) is 6.47. The fraction of sp³-hybridized carbons (Fsp3) is 0.909. The van der Waals surface area contributed by atoms with E-state index >= 15 is 0 Å². The quantitative estimate of drug-likeness (QED) is 0.518. The predicted octanol–water partition coefficient (Wildman–Crippen LogP) is 0.488. The molecule has 1 aliphatic carbocycles. The van der Waals surface area contributed by atoms with E-state index in [1.165, 1.54) is 0 Å². The van der Waals surface area contributed by atoms with Crippen molar-refractivity contribution < 1.29 is 9.90 Å².